The predicted octanol–water partition coefficient (Wildman–Crippen LogP) is 4.54. The van der Waals surface area contributed by atoms with Crippen molar-refractivity contribution in [3.05, 3.63) is 73.6 Å². The molecule has 206 valence electrons. The lowest BCUT2D eigenvalue weighted by atomic mass is 9.95. The molecule has 0 unspecified atom stereocenters. The van der Waals surface area contributed by atoms with Crippen molar-refractivity contribution < 1.29 is 38.1 Å². The standard InChI is InChI=1S/C26H26N2O10S/c1-33-20-11-14-5-8-18(27-26(30)38-22-10-6-15(37-22)13-36-28(31)32)17-12-19(29)21(39-4)9-7-16(17)23(14)25(35-3)24(20)34-2/h6-7,9-12,18H,5,8,13H2,1-4H3,(H,27,30)/t18-/m0/s1. The van der Waals surface area contributed by atoms with E-state index in [4.69, 9.17) is 23.4 Å². The maximum absolute atomic E-state index is 13.0. The number of carbonyl (C=O) groups excluding carboxylic acids is 1. The highest BCUT2D eigenvalue weighted by molar-refractivity contribution is 7.98. The zero-order valence-corrected chi connectivity index (χ0v) is 22.4. The summed E-state index contributed by atoms with van der Waals surface area (Å²) < 4.78 is 27.4. The lowest BCUT2D eigenvalue weighted by Crippen LogP contribution is -2.31. The summed E-state index contributed by atoms with van der Waals surface area (Å²) in [6, 6.07) is 9.06. The van der Waals surface area contributed by atoms with Gasteiger partial charge in [-0.25, -0.2) is 4.79 Å². The number of rotatable bonds is 9. The number of furan rings is 1. The van der Waals surface area contributed by atoms with Gasteiger partial charge in [0.25, 0.3) is 11.0 Å². The lowest BCUT2D eigenvalue weighted by Gasteiger charge is -2.19. The Morgan fingerprint density at radius 1 is 1.13 bits per heavy atom. The van der Waals surface area contributed by atoms with Crippen LogP contribution in [-0.2, 0) is 17.9 Å². The number of ether oxygens (including phenoxy) is 4. The number of thioether (sulfide) groups is 1. The second-order valence-electron chi connectivity index (χ2n) is 8.30. The normalized spacial score (nSPS) is 13.8. The summed E-state index contributed by atoms with van der Waals surface area (Å²) in [7, 11) is 4.58. The van der Waals surface area contributed by atoms with Crippen LogP contribution in [0.3, 0.4) is 0 Å². The third kappa shape index (κ3) is 5.87. The molecular weight excluding hydrogens is 532 g/mol. The van der Waals surface area contributed by atoms with Crippen molar-refractivity contribution in [1.82, 2.24) is 5.32 Å². The molecule has 0 spiro atoms. The zero-order valence-electron chi connectivity index (χ0n) is 21.6. The molecule has 1 aliphatic carbocycles. The third-order valence-electron chi connectivity index (χ3n) is 6.16. The van der Waals surface area contributed by atoms with Gasteiger partial charge in [0.05, 0.1) is 32.3 Å². The van der Waals surface area contributed by atoms with Gasteiger partial charge in [-0.3, -0.25) is 4.79 Å². The van der Waals surface area contributed by atoms with E-state index in [2.05, 4.69) is 10.2 Å². The predicted molar refractivity (Wildman–Crippen MR) is 140 cm³/mol. The Bertz CT molecular complexity index is 1460. The second-order valence-corrected chi connectivity index (χ2v) is 9.15. The van der Waals surface area contributed by atoms with E-state index in [1.807, 2.05) is 18.4 Å². The first-order valence-corrected chi connectivity index (χ1v) is 12.9. The summed E-state index contributed by atoms with van der Waals surface area (Å²) >= 11 is 1.32. The van der Waals surface area contributed by atoms with Crippen LogP contribution in [0.15, 0.2) is 50.5 Å². The van der Waals surface area contributed by atoms with Gasteiger partial charge in [-0.05, 0) is 60.1 Å². The van der Waals surface area contributed by atoms with Gasteiger partial charge in [0, 0.05) is 11.6 Å². The topological polar surface area (TPSA) is 149 Å². The average molecular weight is 559 g/mol. The molecule has 0 fully saturated rings. The molecular formula is C26H26N2O10S. The molecule has 12 nitrogen and oxygen atoms in total. The maximum atomic E-state index is 13.0. The van der Waals surface area contributed by atoms with Gasteiger partial charge in [-0.1, -0.05) is 6.07 Å². The molecule has 4 rings (SSSR count). The number of amides is 1. The van der Waals surface area contributed by atoms with Crippen LogP contribution < -0.4 is 29.7 Å². The molecule has 1 heterocycles. The highest BCUT2D eigenvalue weighted by Gasteiger charge is 2.30. The quantitative estimate of drug-likeness (QED) is 0.224. The van der Waals surface area contributed by atoms with Crippen LogP contribution in [0, 0.1) is 10.1 Å². The maximum Gasteiger partial charge on any atom is 0.415 e. The molecule has 3 aromatic rings. The van der Waals surface area contributed by atoms with E-state index in [0.29, 0.717) is 46.1 Å². The van der Waals surface area contributed by atoms with E-state index in [-0.39, 0.29) is 17.1 Å². The fraction of sp³-hybridized carbons (Fsp3) is 0.308. The number of benzene rings is 1. The minimum absolute atomic E-state index is 0.104. The third-order valence-corrected chi connectivity index (χ3v) is 6.93. The molecule has 39 heavy (non-hydrogen) atoms. The molecule has 1 aliphatic rings. The van der Waals surface area contributed by atoms with Crippen LogP contribution in [-0.4, -0.2) is 38.8 Å². The average Bonchev–Trinajstić information content (AvgIpc) is 3.23. The molecule has 1 amide bonds. The summed E-state index contributed by atoms with van der Waals surface area (Å²) in [6.07, 6.45) is 1.90. The number of nitrogens with one attached hydrogen (secondary N) is 1. The van der Waals surface area contributed by atoms with E-state index in [1.54, 1.807) is 6.07 Å². The Morgan fingerprint density at radius 3 is 2.56 bits per heavy atom. The number of aryl methyl sites for hydroxylation is 1. The number of fused-ring (bicyclic) bond motifs is 3. The Labute approximate surface area is 227 Å². The molecule has 0 saturated heterocycles. The first-order valence-electron chi connectivity index (χ1n) is 11.7. The van der Waals surface area contributed by atoms with Crippen molar-refractivity contribution in [2.45, 2.75) is 30.4 Å². The SMILES string of the molecule is COc1cc2c(c(OC)c1OC)-c1ccc(SC)c(=O)cc1[C@@H](NC(=O)Oc1ccc(CO[N+](=O)[O-])o1)CC2. The minimum atomic E-state index is -0.954. The highest BCUT2D eigenvalue weighted by Crippen LogP contribution is 2.50. The number of hydrogen-bond donors (Lipinski definition) is 1. The largest absolute Gasteiger partial charge is 0.493 e. The van der Waals surface area contributed by atoms with Crippen LogP contribution in [0.4, 0.5) is 4.79 Å². The van der Waals surface area contributed by atoms with Gasteiger partial charge in [-0.2, -0.15) is 0 Å². The molecule has 0 saturated carbocycles. The van der Waals surface area contributed by atoms with Crippen molar-refractivity contribution in [3.8, 4) is 34.3 Å². The number of methoxy groups -OCH3 is 3. The van der Waals surface area contributed by atoms with Crippen molar-refractivity contribution >= 4 is 17.9 Å². The van der Waals surface area contributed by atoms with E-state index in [1.165, 1.54) is 51.3 Å². The summed E-state index contributed by atoms with van der Waals surface area (Å²) in [6.45, 7) is -0.429. The van der Waals surface area contributed by atoms with Crippen LogP contribution in [0.5, 0.6) is 23.2 Å². The van der Waals surface area contributed by atoms with E-state index in [9.17, 15) is 19.7 Å². The molecule has 1 aromatic heterocycles. The van der Waals surface area contributed by atoms with E-state index >= 15 is 0 Å². The van der Waals surface area contributed by atoms with Crippen molar-refractivity contribution in [2.75, 3.05) is 27.6 Å². The summed E-state index contributed by atoms with van der Waals surface area (Å²) in [5.74, 6) is 1.28. The van der Waals surface area contributed by atoms with Crippen molar-refractivity contribution in [3.63, 3.8) is 0 Å². The van der Waals surface area contributed by atoms with E-state index in [0.717, 1.165) is 11.1 Å². The summed E-state index contributed by atoms with van der Waals surface area (Å²) in [5, 5.41) is 12.3. The fourth-order valence-corrected chi connectivity index (χ4v) is 4.95. The molecule has 0 bridgehead atoms. The van der Waals surface area contributed by atoms with Crippen LogP contribution in [0.2, 0.25) is 0 Å². The molecule has 2 aromatic carbocycles. The highest BCUT2D eigenvalue weighted by atomic mass is 32.2. The Balaban J connectivity index is 1.74. The van der Waals surface area contributed by atoms with Crippen molar-refractivity contribution in [1.29, 1.82) is 0 Å². The zero-order chi connectivity index (χ0) is 28.1. The van der Waals surface area contributed by atoms with Gasteiger partial charge in [0.1, 0.15) is 5.76 Å². The monoisotopic (exact) mass is 558 g/mol. The fourth-order valence-electron chi connectivity index (χ4n) is 4.49. The smallest absolute Gasteiger partial charge is 0.415 e. The Hall–Kier alpha value is -4.39. The van der Waals surface area contributed by atoms with Gasteiger partial charge in [-0.15, -0.1) is 21.9 Å². The lowest BCUT2D eigenvalue weighted by molar-refractivity contribution is -0.763. The van der Waals surface area contributed by atoms with Gasteiger partial charge in [0.15, 0.2) is 23.5 Å². The first kappa shape index (κ1) is 27.6. The van der Waals surface area contributed by atoms with Crippen molar-refractivity contribution in [2.24, 2.45) is 0 Å². The summed E-state index contributed by atoms with van der Waals surface area (Å²) in [4.78, 5) is 41.1. The number of carbonyl (C=O) groups is 1. The van der Waals surface area contributed by atoms with Gasteiger partial charge >= 0.3 is 6.09 Å². The Kier molecular flexibility index (Phi) is 8.49. The number of nitrogens with zero attached hydrogens (tertiary/aromatic N) is 1. The molecule has 1 atom stereocenters. The number of hydrogen-bond acceptors (Lipinski definition) is 11. The summed E-state index contributed by atoms with van der Waals surface area (Å²) in [5.41, 5.74) is 2.66. The minimum Gasteiger partial charge on any atom is -0.493 e. The second kappa shape index (κ2) is 12.0. The molecule has 0 radical (unpaired) electrons. The Morgan fingerprint density at radius 2 is 1.90 bits per heavy atom. The van der Waals surface area contributed by atoms with E-state index < -0.39 is 23.8 Å². The first-order chi connectivity index (χ1) is 18.8. The molecule has 0 aliphatic heterocycles. The van der Waals surface area contributed by atoms with Crippen LogP contribution >= 0.6 is 11.8 Å². The van der Waals surface area contributed by atoms with Gasteiger partial charge in [0.2, 0.25) is 5.75 Å². The van der Waals surface area contributed by atoms with Crippen LogP contribution in [0.1, 0.15) is 29.3 Å². The van der Waals surface area contributed by atoms with Crippen LogP contribution in [0.25, 0.3) is 11.1 Å². The molecule has 13 heteroatoms. The molecule has 1 N–H and O–H groups in total. The van der Waals surface area contributed by atoms with Gasteiger partial charge < -0.3 is 33.5 Å².